The van der Waals surface area contributed by atoms with Gasteiger partial charge in [0.15, 0.2) is 0 Å². The van der Waals surface area contributed by atoms with Crippen molar-refractivity contribution in [3.63, 3.8) is 0 Å². The average molecular weight is 408 g/mol. The summed E-state index contributed by atoms with van der Waals surface area (Å²) in [4.78, 5) is 7.64. The van der Waals surface area contributed by atoms with Crippen LogP contribution in [0.2, 0.25) is 0 Å². The van der Waals surface area contributed by atoms with Crippen LogP contribution in [0.3, 0.4) is 0 Å². The smallest absolute Gasteiger partial charge is 0.872 e. The van der Waals surface area contributed by atoms with E-state index in [1.165, 1.54) is 24.3 Å². The number of hydrogen-bond donors (Lipinski definition) is 0. The molecule has 0 aliphatic heterocycles. The average Bonchev–Trinajstić information content (AvgIpc) is 2.75. The van der Waals surface area contributed by atoms with Crippen molar-refractivity contribution in [1.29, 1.82) is 0 Å². The van der Waals surface area contributed by atoms with Gasteiger partial charge in [0.2, 0.25) is 0 Å². The summed E-state index contributed by atoms with van der Waals surface area (Å²) in [6.45, 7) is 0. The van der Waals surface area contributed by atoms with Gasteiger partial charge in [-0.15, -0.1) is 5.75 Å². The van der Waals surface area contributed by atoms with Gasteiger partial charge in [-0.1, -0.05) is 91.0 Å². The maximum atomic E-state index is 10.8. The maximum absolute atomic E-state index is 10.8. The second kappa shape index (κ2) is 11.4. The Hall–Kier alpha value is -3.59. The first kappa shape index (κ1) is 22.7. The molecule has 6 heteroatoms. The largest absolute Gasteiger partial charge is 3.00 e. The number of rotatable bonds is 0. The van der Waals surface area contributed by atoms with Gasteiger partial charge in [-0.3, -0.25) is 9.97 Å². The Bertz CT molecular complexity index is 1120. The fourth-order valence-corrected chi connectivity index (χ4v) is 2.52. The molecule has 30 heavy (non-hydrogen) atoms. The van der Waals surface area contributed by atoms with Crippen molar-refractivity contribution < 1.29 is 15.3 Å². The van der Waals surface area contributed by atoms with Gasteiger partial charge in [-0.25, -0.2) is 0 Å². The summed E-state index contributed by atoms with van der Waals surface area (Å²) in [6.07, 6.45) is 0. The fraction of sp³-hybridized carbons (Fsp3) is 0. The second-order valence-electron chi connectivity index (χ2n) is 6.00. The number of fused-ring (bicyclic) bond motifs is 2. The monoisotopic (exact) mass is 408 g/mol. The summed E-state index contributed by atoms with van der Waals surface area (Å²) in [5, 5.41) is 33.8. The van der Waals surface area contributed by atoms with Gasteiger partial charge < -0.3 is 15.3 Å². The van der Waals surface area contributed by atoms with Crippen LogP contribution in [0.1, 0.15) is 0 Å². The molecular weight excluding hydrogens is 391 g/mol. The molecule has 0 radical (unpaired) electrons. The van der Waals surface area contributed by atoms with Gasteiger partial charge in [0.1, 0.15) is 0 Å². The SMILES string of the molecule is [Al+3].[O-]c1ccc2ccccc2n1.[O-]c1ccc2ccccc2n1.[O-]c1ccccc1. The number of pyridine rings is 2. The molecular formula is C24H17AlN2O3. The molecule has 0 amide bonds. The maximum Gasteiger partial charge on any atom is 3.00 e. The molecule has 0 N–H and O–H groups in total. The van der Waals surface area contributed by atoms with Gasteiger partial charge in [-0.2, -0.15) is 0 Å². The zero-order valence-corrected chi connectivity index (χ0v) is 17.2. The van der Waals surface area contributed by atoms with Crippen LogP contribution in [0.15, 0.2) is 103 Å². The molecule has 2 aromatic heterocycles. The number of para-hydroxylation sites is 3. The predicted octanol–water partition coefficient (Wildman–Crippen LogP) is 3.00. The van der Waals surface area contributed by atoms with Crippen molar-refractivity contribution in [2.24, 2.45) is 0 Å². The third kappa shape index (κ3) is 6.78. The van der Waals surface area contributed by atoms with Crippen LogP contribution in [0, 0.1) is 0 Å². The van der Waals surface area contributed by atoms with Crippen LogP contribution in [0.25, 0.3) is 21.8 Å². The minimum atomic E-state index is -0.177. The van der Waals surface area contributed by atoms with Gasteiger partial charge >= 0.3 is 17.4 Å². The third-order valence-electron chi connectivity index (χ3n) is 3.89. The molecule has 0 saturated carbocycles. The molecule has 0 fully saturated rings. The van der Waals surface area contributed by atoms with Gasteiger partial charge in [0.05, 0.1) is 11.0 Å². The first-order valence-electron chi connectivity index (χ1n) is 8.89. The molecule has 2 heterocycles. The summed E-state index contributed by atoms with van der Waals surface area (Å²) in [5.74, 6) is -0.282. The minimum absolute atomic E-state index is 0. The van der Waals surface area contributed by atoms with Crippen molar-refractivity contribution in [2.75, 3.05) is 0 Å². The normalized spacial score (nSPS) is 9.47. The Morgan fingerprint density at radius 2 is 0.833 bits per heavy atom. The molecule has 0 saturated heterocycles. The molecule has 3 aromatic carbocycles. The van der Waals surface area contributed by atoms with E-state index in [0.29, 0.717) is 0 Å². The van der Waals surface area contributed by atoms with Crippen molar-refractivity contribution in [3.8, 4) is 17.5 Å². The van der Waals surface area contributed by atoms with Gasteiger partial charge in [0.25, 0.3) is 0 Å². The minimum Gasteiger partial charge on any atom is -0.872 e. The standard InChI is InChI=1S/2C9H7NO.C6H6O.Al/c2*11-9-6-5-7-3-1-2-4-8(7)10-9;7-6-4-2-1-3-5-6;/h2*1-6H,(H,10,11);1-5,7H;/q;;;+3/p-3. The quantitative estimate of drug-likeness (QED) is 0.367. The van der Waals surface area contributed by atoms with Crippen LogP contribution in [0.5, 0.6) is 17.5 Å². The van der Waals surface area contributed by atoms with Crippen LogP contribution < -0.4 is 15.3 Å². The molecule has 0 unspecified atom stereocenters. The number of nitrogens with zero attached hydrogens (tertiary/aromatic N) is 2. The van der Waals surface area contributed by atoms with Crippen LogP contribution in [-0.2, 0) is 0 Å². The molecule has 144 valence electrons. The molecule has 5 nitrogen and oxygen atoms in total. The summed E-state index contributed by atoms with van der Waals surface area (Å²) in [6, 6.07) is 30.0. The van der Waals surface area contributed by atoms with Crippen molar-refractivity contribution >= 4 is 39.2 Å². The Morgan fingerprint density at radius 3 is 1.23 bits per heavy atom. The molecule has 0 aliphatic rings. The van der Waals surface area contributed by atoms with Crippen LogP contribution in [0.4, 0.5) is 0 Å². The van der Waals surface area contributed by atoms with Crippen LogP contribution >= 0.6 is 0 Å². The summed E-state index contributed by atoms with van der Waals surface area (Å²) >= 11 is 0. The topological polar surface area (TPSA) is 95.0 Å². The molecule has 5 rings (SSSR count). The van der Waals surface area contributed by atoms with E-state index in [-0.39, 0.29) is 34.9 Å². The van der Waals surface area contributed by atoms with Crippen molar-refractivity contribution in [2.45, 2.75) is 0 Å². The summed E-state index contributed by atoms with van der Waals surface area (Å²) in [7, 11) is 0. The van der Waals surface area contributed by atoms with Crippen LogP contribution in [-0.4, -0.2) is 27.3 Å². The number of benzene rings is 3. The van der Waals surface area contributed by atoms with Crippen molar-refractivity contribution in [1.82, 2.24) is 9.97 Å². The first-order chi connectivity index (χ1) is 14.1. The van der Waals surface area contributed by atoms with E-state index >= 15 is 0 Å². The Morgan fingerprint density at radius 1 is 0.433 bits per heavy atom. The third-order valence-corrected chi connectivity index (χ3v) is 3.89. The predicted molar refractivity (Wildman–Crippen MR) is 114 cm³/mol. The van der Waals surface area contributed by atoms with E-state index in [9.17, 15) is 15.3 Å². The fourth-order valence-electron chi connectivity index (χ4n) is 2.52. The first-order valence-corrected chi connectivity index (χ1v) is 8.89. The van der Waals surface area contributed by atoms with E-state index in [1.807, 2.05) is 54.6 Å². The Balaban J connectivity index is 0.000000162. The van der Waals surface area contributed by atoms with Gasteiger partial charge in [-0.05, 0) is 23.9 Å². The van der Waals surface area contributed by atoms with E-state index < -0.39 is 0 Å². The Kier molecular flexibility index (Phi) is 8.64. The number of aromatic nitrogens is 2. The molecule has 0 atom stereocenters. The molecule has 0 aliphatic carbocycles. The molecule has 5 aromatic rings. The zero-order valence-electron chi connectivity index (χ0n) is 16.0. The summed E-state index contributed by atoms with van der Waals surface area (Å²) < 4.78 is 0. The number of hydrogen-bond acceptors (Lipinski definition) is 5. The Labute approximate surface area is 185 Å². The van der Waals surface area contributed by atoms with E-state index in [2.05, 4.69) is 9.97 Å². The summed E-state index contributed by atoms with van der Waals surface area (Å²) in [5.41, 5.74) is 1.53. The van der Waals surface area contributed by atoms with E-state index in [0.717, 1.165) is 21.8 Å². The van der Waals surface area contributed by atoms with Crippen molar-refractivity contribution in [3.05, 3.63) is 103 Å². The second-order valence-corrected chi connectivity index (χ2v) is 6.00. The molecule has 0 bridgehead atoms. The van der Waals surface area contributed by atoms with E-state index in [4.69, 9.17) is 0 Å². The molecule has 0 spiro atoms. The van der Waals surface area contributed by atoms with E-state index in [1.54, 1.807) is 24.3 Å². The van der Waals surface area contributed by atoms with Gasteiger partial charge in [0, 0.05) is 10.8 Å². The zero-order chi connectivity index (χ0) is 20.5.